The highest BCUT2D eigenvalue weighted by molar-refractivity contribution is 5.44. The van der Waals surface area contributed by atoms with Gasteiger partial charge < -0.3 is 10.5 Å². The van der Waals surface area contributed by atoms with Gasteiger partial charge in [0, 0.05) is 11.8 Å². The quantitative estimate of drug-likeness (QED) is 0.869. The van der Waals surface area contributed by atoms with Gasteiger partial charge in [0.2, 0.25) is 0 Å². The zero-order valence-corrected chi connectivity index (χ0v) is 11.8. The highest BCUT2D eigenvalue weighted by Crippen LogP contribution is 2.18. The Morgan fingerprint density at radius 2 is 2.05 bits per heavy atom. The van der Waals surface area contributed by atoms with Gasteiger partial charge in [-0.1, -0.05) is 17.9 Å². The molecule has 102 valence electrons. The number of ether oxygens (including phenoxy) is 1. The molecule has 0 amide bonds. The maximum atomic E-state index is 5.78. The Morgan fingerprint density at radius 3 is 2.75 bits per heavy atom. The van der Waals surface area contributed by atoms with Crippen LogP contribution in [0, 0.1) is 25.7 Å². The lowest BCUT2D eigenvalue weighted by Crippen LogP contribution is -2.00. The molecule has 20 heavy (non-hydrogen) atoms. The van der Waals surface area contributed by atoms with Crippen molar-refractivity contribution in [3.8, 4) is 17.6 Å². The summed E-state index contributed by atoms with van der Waals surface area (Å²) in [6.07, 6.45) is 1.78. The molecule has 0 atom stereocenters. The summed E-state index contributed by atoms with van der Waals surface area (Å²) >= 11 is 0. The average Bonchev–Trinajstić information content (AvgIpc) is 2.45. The minimum atomic E-state index is 0.372. The SMILES string of the molecule is Cc1cc(OCc2ncccc2C)ccc1C#CCN. The largest absolute Gasteiger partial charge is 0.487 e. The van der Waals surface area contributed by atoms with Crippen molar-refractivity contribution in [2.45, 2.75) is 20.5 Å². The van der Waals surface area contributed by atoms with E-state index in [4.69, 9.17) is 10.5 Å². The highest BCUT2D eigenvalue weighted by atomic mass is 16.5. The number of nitrogens with zero attached hydrogens (tertiary/aromatic N) is 1. The van der Waals surface area contributed by atoms with Gasteiger partial charge >= 0.3 is 0 Å². The van der Waals surface area contributed by atoms with E-state index in [1.807, 2.05) is 44.2 Å². The lowest BCUT2D eigenvalue weighted by molar-refractivity contribution is 0.300. The summed E-state index contributed by atoms with van der Waals surface area (Å²) in [5, 5.41) is 0. The Labute approximate surface area is 119 Å². The van der Waals surface area contributed by atoms with Gasteiger partial charge in [0.1, 0.15) is 12.4 Å². The summed E-state index contributed by atoms with van der Waals surface area (Å²) in [7, 11) is 0. The van der Waals surface area contributed by atoms with Crippen molar-refractivity contribution in [3.05, 3.63) is 58.9 Å². The molecule has 1 heterocycles. The van der Waals surface area contributed by atoms with Crippen molar-refractivity contribution >= 4 is 0 Å². The molecule has 0 aliphatic carbocycles. The average molecular weight is 266 g/mol. The van der Waals surface area contributed by atoms with Gasteiger partial charge in [-0.2, -0.15) is 0 Å². The molecular weight excluding hydrogens is 248 g/mol. The molecule has 0 radical (unpaired) electrons. The van der Waals surface area contributed by atoms with Crippen LogP contribution < -0.4 is 10.5 Å². The van der Waals surface area contributed by atoms with Crippen LogP contribution in [0.4, 0.5) is 0 Å². The first-order valence-electron chi connectivity index (χ1n) is 6.53. The Hall–Kier alpha value is -2.31. The molecule has 0 aliphatic heterocycles. The first kappa shape index (κ1) is 14.1. The van der Waals surface area contributed by atoms with Crippen LogP contribution in [0.25, 0.3) is 0 Å². The Bertz CT molecular complexity index is 654. The van der Waals surface area contributed by atoms with E-state index in [9.17, 15) is 0 Å². The summed E-state index contributed by atoms with van der Waals surface area (Å²) in [4.78, 5) is 4.31. The van der Waals surface area contributed by atoms with Gasteiger partial charge in [0.15, 0.2) is 0 Å². The van der Waals surface area contributed by atoms with Gasteiger partial charge in [-0.15, -0.1) is 0 Å². The third-order valence-electron chi connectivity index (χ3n) is 3.02. The zero-order chi connectivity index (χ0) is 14.4. The minimum Gasteiger partial charge on any atom is -0.487 e. The standard InChI is InChI=1S/C17H18N2O/c1-13-5-4-10-19-17(13)12-20-16-8-7-15(6-3-9-18)14(2)11-16/h4-5,7-8,10-11H,9,12,18H2,1-2H3. The monoisotopic (exact) mass is 266 g/mol. The number of aromatic nitrogens is 1. The fourth-order valence-electron chi connectivity index (χ4n) is 1.83. The molecule has 0 fully saturated rings. The summed E-state index contributed by atoms with van der Waals surface area (Å²) in [6, 6.07) is 9.82. The molecule has 0 spiro atoms. The van der Waals surface area contributed by atoms with Gasteiger partial charge in [0.25, 0.3) is 0 Å². The second-order valence-corrected chi connectivity index (χ2v) is 4.54. The molecule has 2 aromatic rings. The molecular formula is C17H18N2O. The van der Waals surface area contributed by atoms with Crippen LogP contribution in [-0.4, -0.2) is 11.5 Å². The summed E-state index contributed by atoms with van der Waals surface area (Å²) in [5.41, 5.74) is 9.53. The molecule has 0 unspecified atom stereocenters. The predicted octanol–water partition coefficient (Wildman–Crippen LogP) is 2.59. The van der Waals surface area contributed by atoms with E-state index in [1.54, 1.807) is 6.20 Å². The third kappa shape index (κ3) is 3.59. The molecule has 2 rings (SSSR count). The Balaban J connectivity index is 2.08. The summed E-state index contributed by atoms with van der Waals surface area (Å²) in [5.74, 6) is 6.72. The van der Waals surface area contributed by atoms with Gasteiger partial charge in [0.05, 0.1) is 12.2 Å². The number of hydrogen-bond donors (Lipinski definition) is 1. The maximum Gasteiger partial charge on any atom is 0.130 e. The van der Waals surface area contributed by atoms with Crippen molar-refractivity contribution < 1.29 is 4.74 Å². The van der Waals surface area contributed by atoms with Crippen LogP contribution in [0.2, 0.25) is 0 Å². The van der Waals surface area contributed by atoms with Crippen LogP contribution in [-0.2, 0) is 6.61 Å². The van der Waals surface area contributed by atoms with Crippen LogP contribution in [0.3, 0.4) is 0 Å². The van der Waals surface area contributed by atoms with E-state index < -0.39 is 0 Å². The molecule has 2 N–H and O–H groups in total. The molecule has 1 aromatic heterocycles. The Kier molecular flexibility index (Phi) is 4.75. The normalized spacial score (nSPS) is 9.75. The number of aryl methyl sites for hydroxylation is 2. The second-order valence-electron chi connectivity index (χ2n) is 4.54. The fourth-order valence-corrected chi connectivity index (χ4v) is 1.83. The van der Waals surface area contributed by atoms with Crippen molar-refractivity contribution in [2.75, 3.05) is 6.54 Å². The van der Waals surface area contributed by atoms with Crippen molar-refractivity contribution in [1.29, 1.82) is 0 Å². The van der Waals surface area contributed by atoms with Gasteiger partial charge in [-0.05, 0) is 49.2 Å². The van der Waals surface area contributed by atoms with Crippen LogP contribution in [0.5, 0.6) is 5.75 Å². The van der Waals surface area contributed by atoms with Crippen LogP contribution in [0.15, 0.2) is 36.5 Å². The van der Waals surface area contributed by atoms with E-state index >= 15 is 0 Å². The molecule has 3 heteroatoms. The molecule has 0 aliphatic rings. The van der Waals surface area contributed by atoms with Gasteiger partial charge in [-0.25, -0.2) is 0 Å². The lowest BCUT2D eigenvalue weighted by Gasteiger charge is -2.09. The zero-order valence-electron chi connectivity index (χ0n) is 11.8. The maximum absolute atomic E-state index is 5.78. The molecule has 0 bridgehead atoms. The van der Waals surface area contributed by atoms with E-state index in [0.29, 0.717) is 13.2 Å². The van der Waals surface area contributed by atoms with Crippen molar-refractivity contribution in [2.24, 2.45) is 5.73 Å². The minimum absolute atomic E-state index is 0.372. The number of rotatable bonds is 3. The molecule has 1 aromatic carbocycles. The predicted molar refractivity (Wildman–Crippen MR) is 80.4 cm³/mol. The number of pyridine rings is 1. The summed E-state index contributed by atoms with van der Waals surface area (Å²) in [6.45, 7) is 4.89. The molecule has 0 saturated heterocycles. The Morgan fingerprint density at radius 1 is 1.20 bits per heavy atom. The molecule has 0 saturated carbocycles. The van der Waals surface area contributed by atoms with E-state index in [0.717, 1.165) is 28.1 Å². The number of nitrogens with two attached hydrogens (primary N) is 1. The van der Waals surface area contributed by atoms with Crippen molar-refractivity contribution in [3.63, 3.8) is 0 Å². The van der Waals surface area contributed by atoms with Crippen LogP contribution >= 0.6 is 0 Å². The third-order valence-corrected chi connectivity index (χ3v) is 3.02. The number of hydrogen-bond acceptors (Lipinski definition) is 3. The van der Waals surface area contributed by atoms with E-state index in [2.05, 4.69) is 16.8 Å². The van der Waals surface area contributed by atoms with E-state index in [1.165, 1.54) is 0 Å². The smallest absolute Gasteiger partial charge is 0.130 e. The van der Waals surface area contributed by atoms with Crippen LogP contribution in [0.1, 0.15) is 22.4 Å². The van der Waals surface area contributed by atoms with Crippen molar-refractivity contribution in [1.82, 2.24) is 4.98 Å². The molecule has 3 nitrogen and oxygen atoms in total. The highest BCUT2D eigenvalue weighted by Gasteiger charge is 2.02. The second kappa shape index (κ2) is 6.74. The topological polar surface area (TPSA) is 48.1 Å². The van der Waals surface area contributed by atoms with E-state index in [-0.39, 0.29) is 0 Å². The first-order chi connectivity index (χ1) is 9.70. The first-order valence-corrected chi connectivity index (χ1v) is 6.53. The summed E-state index contributed by atoms with van der Waals surface area (Å²) < 4.78 is 5.78. The number of benzene rings is 1. The fraction of sp³-hybridized carbons (Fsp3) is 0.235. The van der Waals surface area contributed by atoms with Gasteiger partial charge in [-0.3, -0.25) is 4.98 Å². The lowest BCUT2D eigenvalue weighted by atomic mass is 10.1.